The van der Waals surface area contributed by atoms with E-state index in [1.165, 1.54) is 6.42 Å². The maximum atomic E-state index is 5.83. The van der Waals surface area contributed by atoms with Gasteiger partial charge in [-0.1, -0.05) is 6.92 Å². The van der Waals surface area contributed by atoms with Gasteiger partial charge in [0.15, 0.2) is 0 Å². The standard InChI is InChI=1S/C14H24N4O2/c1-3-6-12-16-13(18-15)10(2)14(17-12)20-9-11-7-4-5-8-19-11/h11H,3-9,15H2,1-2H3,(H,16,17,18). The van der Waals surface area contributed by atoms with Gasteiger partial charge >= 0.3 is 0 Å². The average molecular weight is 280 g/mol. The summed E-state index contributed by atoms with van der Waals surface area (Å²) in [5, 5.41) is 0. The van der Waals surface area contributed by atoms with Crippen molar-refractivity contribution in [1.29, 1.82) is 0 Å². The molecule has 0 saturated carbocycles. The fourth-order valence-electron chi connectivity index (χ4n) is 2.27. The van der Waals surface area contributed by atoms with Crippen molar-refractivity contribution in [3.8, 4) is 5.88 Å². The Morgan fingerprint density at radius 2 is 2.25 bits per heavy atom. The van der Waals surface area contributed by atoms with Gasteiger partial charge in [0.25, 0.3) is 0 Å². The lowest BCUT2D eigenvalue weighted by Gasteiger charge is -2.23. The van der Waals surface area contributed by atoms with Crippen molar-refractivity contribution in [2.24, 2.45) is 5.84 Å². The fraction of sp³-hybridized carbons (Fsp3) is 0.714. The first-order chi connectivity index (χ1) is 9.74. The van der Waals surface area contributed by atoms with Gasteiger partial charge in [0.2, 0.25) is 5.88 Å². The molecule has 1 aromatic rings. The highest BCUT2D eigenvalue weighted by molar-refractivity contribution is 5.47. The summed E-state index contributed by atoms with van der Waals surface area (Å²) >= 11 is 0. The lowest BCUT2D eigenvalue weighted by atomic mass is 10.1. The normalized spacial score (nSPS) is 18.9. The third-order valence-corrected chi connectivity index (χ3v) is 3.44. The lowest BCUT2D eigenvalue weighted by molar-refractivity contribution is -0.0121. The molecule has 0 radical (unpaired) electrons. The van der Waals surface area contributed by atoms with Crippen LogP contribution in [0.5, 0.6) is 5.88 Å². The zero-order chi connectivity index (χ0) is 14.4. The van der Waals surface area contributed by atoms with Crippen molar-refractivity contribution in [2.45, 2.75) is 52.1 Å². The molecule has 1 atom stereocenters. The number of nitrogens with zero attached hydrogens (tertiary/aromatic N) is 2. The van der Waals surface area contributed by atoms with E-state index in [1.807, 2.05) is 6.92 Å². The molecule has 0 amide bonds. The highest BCUT2D eigenvalue weighted by atomic mass is 16.5. The molecule has 1 aliphatic rings. The van der Waals surface area contributed by atoms with Gasteiger partial charge in [-0.3, -0.25) is 0 Å². The van der Waals surface area contributed by atoms with Crippen molar-refractivity contribution in [3.63, 3.8) is 0 Å². The second-order valence-corrected chi connectivity index (χ2v) is 5.11. The predicted molar refractivity (Wildman–Crippen MR) is 77.7 cm³/mol. The number of hydrogen-bond acceptors (Lipinski definition) is 6. The van der Waals surface area contributed by atoms with Crippen molar-refractivity contribution < 1.29 is 9.47 Å². The molecule has 1 fully saturated rings. The maximum absolute atomic E-state index is 5.83. The molecule has 3 N–H and O–H groups in total. The second-order valence-electron chi connectivity index (χ2n) is 5.11. The van der Waals surface area contributed by atoms with Gasteiger partial charge in [-0.15, -0.1) is 0 Å². The van der Waals surface area contributed by atoms with Gasteiger partial charge in [0.05, 0.1) is 11.7 Å². The first kappa shape index (κ1) is 15.0. The zero-order valence-corrected chi connectivity index (χ0v) is 12.3. The zero-order valence-electron chi connectivity index (χ0n) is 12.3. The molecule has 6 nitrogen and oxygen atoms in total. The third-order valence-electron chi connectivity index (χ3n) is 3.44. The van der Waals surface area contributed by atoms with Crippen LogP contribution in [0.4, 0.5) is 5.82 Å². The number of aromatic nitrogens is 2. The van der Waals surface area contributed by atoms with E-state index in [2.05, 4.69) is 22.3 Å². The summed E-state index contributed by atoms with van der Waals surface area (Å²) in [6, 6.07) is 0. The van der Waals surface area contributed by atoms with E-state index in [0.717, 1.165) is 43.7 Å². The van der Waals surface area contributed by atoms with Crippen molar-refractivity contribution >= 4 is 5.82 Å². The predicted octanol–water partition coefficient (Wildman–Crippen LogP) is 1.97. The molecule has 1 aromatic heterocycles. The number of anilines is 1. The molecule has 1 aliphatic heterocycles. The van der Waals surface area contributed by atoms with Crippen molar-refractivity contribution in [1.82, 2.24) is 9.97 Å². The van der Waals surface area contributed by atoms with Gasteiger partial charge in [0, 0.05) is 13.0 Å². The van der Waals surface area contributed by atoms with Crippen LogP contribution in [-0.2, 0) is 11.2 Å². The van der Waals surface area contributed by atoms with Gasteiger partial charge in [-0.25, -0.2) is 10.8 Å². The Kier molecular flexibility index (Phi) is 5.55. The minimum absolute atomic E-state index is 0.169. The van der Waals surface area contributed by atoms with Crippen LogP contribution in [0.3, 0.4) is 0 Å². The summed E-state index contributed by atoms with van der Waals surface area (Å²) in [5.41, 5.74) is 3.45. The monoisotopic (exact) mass is 280 g/mol. The highest BCUT2D eigenvalue weighted by Crippen LogP contribution is 2.23. The van der Waals surface area contributed by atoms with E-state index >= 15 is 0 Å². The summed E-state index contributed by atoms with van der Waals surface area (Å²) in [6.45, 7) is 5.36. The number of hydrazine groups is 1. The highest BCUT2D eigenvalue weighted by Gasteiger charge is 2.17. The molecule has 20 heavy (non-hydrogen) atoms. The fourth-order valence-corrected chi connectivity index (χ4v) is 2.27. The topological polar surface area (TPSA) is 82.3 Å². The van der Waals surface area contributed by atoms with E-state index in [4.69, 9.17) is 15.3 Å². The van der Waals surface area contributed by atoms with Crippen LogP contribution in [0.2, 0.25) is 0 Å². The molecule has 2 rings (SSSR count). The Labute approximate surface area is 120 Å². The van der Waals surface area contributed by atoms with E-state index < -0.39 is 0 Å². The van der Waals surface area contributed by atoms with Crippen LogP contribution in [0.15, 0.2) is 0 Å². The van der Waals surface area contributed by atoms with Crippen molar-refractivity contribution in [3.05, 3.63) is 11.4 Å². The van der Waals surface area contributed by atoms with E-state index in [0.29, 0.717) is 18.3 Å². The van der Waals surface area contributed by atoms with E-state index in [1.54, 1.807) is 0 Å². The number of aryl methyl sites for hydroxylation is 1. The summed E-state index contributed by atoms with van der Waals surface area (Å²) in [4.78, 5) is 8.85. The molecule has 1 unspecified atom stereocenters. The minimum Gasteiger partial charge on any atom is -0.475 e. The number of nitrogen functional groups attached to an aromatic ring is 1. The summed E-state index contributed by atoms with van der Waals surface area (Å²) in [6.07, 6.45) is 5.36. The van der Waals surface area contributed by atoms with Crippen LogP contribution in [0.25, 0.3) is 0 Å². The summed E-state index contributed by atoms with van der Waals surface area (Å²) in [7, 11) is 0. The summed E-state index contributed by atoms with van der Waals surface area (Å²) < 4.78 is 11.5. The molecule has 6 heteroatoms. The largest absolute Gasteiger partial charge is 0.475 e. The van der Waals surface area contributed by atoms with E-state index in [-0.39, 0.29) is 6.10 Å². The molecule has 0 aromatic carbocycles. The number of hydrogen-bond donors (Lipinski definition) is 2. The average Bonchev–Trinajstić information content (AvgIpc) is 2.48. The maximum Gasteiger partial charge on any atom is 0.221 e. The number of rotatable bonds is 6. The Balaban J connectivity index is 2.06. The van der Waals surface area contributed by atoms with Crippen molar-refractivity contribution in [2.75, 3.05) is 18.6 Å². The van der Waals surface area contributed by atoms with Crippen LogP contribution in [0, 0.1) is 6.92 Å². The quantitative estimate of drug-likeness (QED) is 0.612. The van der Waals surface area contributed by atoms with Crippen LogP contribution in [0.1, 0.15) is 44.0 Å². The molecule has 112 valence electrons. The minimum atomic E-state index is 0.169. The van der Waals surface area contributed by atoms with E-state index in [9.17, 15) is 0 Å². The summed E-state index contributed by atoms with van der Waals surface area (Å²) in [5.74, 6) is 7.49. The van der Waals surface area contributed by atoms with Crippen LogP contribution in [-0.4, -0.2) is 29.3 Å². The smallest absolute Gasteiger partial charge is 0.221 e. The Hall–Kier alpha value is -1.40. The first-order valence-corrected chi connectivity index (χ1v) is 7.33. The lowest BCUT2D eigenvalue weighted by Crippen LogP contribution is -2.26. The molecular weight excluding hydrogens is 256 g/mol. The van der Waals surface area contributed by atoms with Gasteiger partial charge in [0.1, 0.15) is 18.2 Å². The molecule has 2 heterocycles. The van der Waals surface area contributed by atoms with Gasteiger partial charge < -0.3 is 14.9 Å². The molecule has 1 saturated heterocycles. The first-order valence-electron chi connectivity index (χ1n) is 7.33. The number of ether oxygens (including phenoxy) is 2. The SMILES string of the molecule is CCCc1nc(NN)c(C)c(OCC2CCCCO2)n1. The molecule has 0 spiro atoms. The number of nitrogens with one attached hydrogen (secondary N) is 1. The van der Waals surface area contributed by atoms with Gasteiger partial charge in [-0.05, 0) is 32.6 Å². The third kappa shape index (κ3) is 3.80. The Morgan fingerprint density at radius 3 is 2.90 bits per heavy atom. The van der Waals surface area contributed by atoms with Gasteiger partial charge in [-0.2, -0.15) is 4.98 Å². The molecule has 0 aliphatic carbocycles. The van der Waals surface area contributed by atoms with Crippen LogP contribution < -0.4 is 16.0 Å². The molecular formula is C14H24N4O2. The number of nitrogens with two attached hydrogens (primary N) is 1. The van der Waals surface area contributed by atoms with Crippen LogP contribution >= 0.6 is 0 Å². The second kappa shape index (κ2) is 7.40. The Morgan fingerprint density at radius 1 is 1.40 bits per heavy atom. The molecule has 0 bridgehead atoms. The Bertz CT molecular complexity index is 433.